The number of carbonyl (C=O) groups is 1. The highest BCUT2D eigenvalue weighted by molar-refractivity contribution is 5.91. The molecule has 5 heteroatoms. The van der Waals surface area contributed by atoms with Gasteiger partial charge < -0.3 is 15.3 Å². The Kier molecular flexibility index (Phi) is 5.42. The van der Waals surface area contributed by atoms with Crippen molar-refractivity contribution in [1.82, 2.24) is 10.2 Å². The van der Waals surface area contributed by atoms with Crippen LogP contribution in [-0.2, 0) is 10.2 Å². The predicted octanol–water partition coefficient (Wildman–Crippen LogP) is 2.35. The summed E-state index contributed by atoms with van der Waals surface area (Å²) in [6.45, 7) is 3.92. The number of likely N-dealkylation sites (tertiary alicyclic amines) is 1. The van der Waals surface area contributed by atoms with Crippen LogP contribution in [-0.4, -0.2) is 48.7 Å². The minimum Gasteiger partial charge on any atom is -0.396 e. The van der Waals surface area contributed by atoms with Gasteiger partial charge >= 0.3 is 0 Å². The Morgan fingerprint density at radius 1 is 1.12 bits per heavy atom. The van der Waals surface area contributed by atoms with Crippen LogP contribution >= 0.6 is 12.4 Å². The Morgan fingerprint density at radius 3 is 2.40 bits per heavy atom. The zero-order valence-corrected chi connectivity index (χ0v) is 15.6. The number of aliphatic hydroxyl groups excluding tert-OH is 1. The normalized spacial score (nSPS) is 26.8. The molecule has 4 rings (SSSR count). The second-order valence-electron chi connectivity index (χ2n) is 7.94. The lowest BCUT2D eigenvalue weighted by Gasteiger charge is -2.49. The van der Waals surface area contributed by atoms with Gasteiger partial charge in [0.05, 0.1) is 5.41 Å². The number of benzene rings is 1. The van der Waals surface area contributed by atoms with Gasteiger partial charge in [-0.1, -0.05) is 30.3 Å². The molecule has 2 N–H and O–H groups in total. The molecule has 1 aromatic rings. The number of hydrogen-bond acceptors (Lipinski definition) is 3. The van der Waals surface area contributed by atoms with E-state index < -0.39 is 0 Å². The molecule has 1 aromatic carbocycles. The number of piperidine rings is 2. The number of nitrogens with zero attached hydrogens (tertiary/aromatic N) is 1. The van der Waals surface area contributed by atoms with Gasteiger partial charge in [0, 0.05) is 32.2 Å². The Balaban J connectivity index is 0.00000182. The Bertz CT molecular complexity index is 595. The fraction of sp³-hybridized carbons (Fsp3) is 0.650. The van der Waals surface area contributed by atoms with Crippen LogP contribution < -0.4 is 5.32 Å². The van der Waals surface area contributed by atoms with E-state index in [1.54, 1.807) is 0 Å². The van der Waals surface area contributed by atoms with Gasteiger partial charge in [-0.3, -0.25) is 4.79 Å². The summed E-state index contributed by atoms with van der Waals surface area (Å²) in [6, 6.07) is 10.3. The zero-order valence-electron chi connectivity index (χ0n) is 14.7. The highest BCUT2D eigenvalue weighted by atomic mass is 35.5. The minimum atomic E-state index is -0.240. The third-order valence-corrected chi connectivity index (χ3v) is 6.81. The lowest BCUT2D eigenvalue weighted by Crippen LogP contribution is -2.54. The van der Waals surface area contributed by atoms with E-state index in [0.29, 0.717) is 11.8 Å². The molecule has 3 fully saturated rings. The van der Waals surface area contributed by atoms with E-state index in [0.717, 1.165) is 58.3 Å². The quantitative estimate of drug-likeness (QED) is 0.865. The average Bonchev–Trinajstić information content (AvgIpc) is 3.45. The highest BCUT2D eigenvalue weighted by Gasteiger charge is 2.54. The van der Waals surface area contributed by atoms with Crippen molar-refractivity contribution in [3.05, 3.63) is 35.9 Å². The van der Waals surface area contributed by atoms with E-state index >= 15 is 0 Å². The van der Waals surface area contributed by atoms with Crippen molar-refractivity contribution >= 4 is 18.3 Å². The van der Waals surface area contributed by atoms with Crippen molar-refractivity contribution in [1.29, 1.82) is 0 Å². The van der Waals surface area contributed by atoms with Gasteiger partial charge in [0.2, 0.25) is 5.91 Å². The molecule has 25 heavy (non-hydrogen) atoms. The fourth-order valence-electron chi connectivity index (χ4n) is 4.92. The van der Waals surface area contributed by atoms with E-state index in [1.807, 2.05) is 18.2 Å². The number of halogens is 1. The first-order valence-corrected chi connectivity index (χ1v) is 9.37. The van der Waals surface area contributed by atoms with E-state index in [9.17, 15) is 9.90 Å². The summed E-state index contributed by atoms with van der Waals surface area (Å²) in [5, 5.41) is 13.2. The molecule has 4 nitrogen and oxygen atoms in total. The first-order valence-electron chi connectivity index (χ1n) is 9.37. The third-order valence-electron chi connectivity index (χ3n) is 6.81. The van der Waals surface area contributed by atoms with Gasteiger partial charge in [0.25, 0.3) is 0 Å². The van der Waals surface area contributed by atoms with Crippen LogP contribution in [0, 0.1) is 11.3 Å². The number of hydrogen-bond donors (Lipinski definition) is 2. The fourth-order valence-corrected chi connectivity index (χ4v) is 4.92. The monoisotopic (exact) mass is 364 g/mol. The molecule has 1 atom stereocenters. The lowest BCUT2D eigenvalue weighted by atomic mass is 9.65. The largest absolute Gasteiger partial charge is 0.396 e. The number of amides is 1. The number of rotatable bonds is 3. The summed E-state index contributed by atoms with van der Waals surface area (Å²) < 4.78 is 0. The van der Waals surface area contributed by atoms with Crippen molar-refractivity contribution in [3.8, 4) is 0 Å². The summed E-state index contributed by atoms with van der Waals surface area (Å²) in [5.41, 5.74) is 1.18. The molecule has 0 radical (unpaired) electrons. The number of nitrogens with one attached hydrogen (secondary N) is 1. The zero-order chi connectivity index (χ0) is 16.6. The van der Waals surface area contributed by atoms with Gasteiger partial charge in [-0.05, 0) is 49.6 Å². The standard InChI is InChI=1S/C20H28N2O2.ClH/c23-15-17-14-21-11-8-19(17)9-12-22(13-10-19)18(24)20(6-7-20)16-4-2-1-3-5-16;/h1-5,17,21,23H,6-15H2;1H. The van der Waals surface area contributed by atoms with Crippen molar-refractivity contribution in [2.24, 2.45) is 11.3 Å². The Morgan fingerprint density at radius 2 is 1.80 bits per heavy atom. The van der Waals surface area contributed by atoms with Gasteiger partial charge in [-0.2, -0.15) is 0 Å². The van der Waals surface area contributed by atoms with E-state index in [2.05, 4.69) is 22.3 Å². The molecule has 1 spiro atoms. The minimum absolute atomic E-state index is 0. The van der Waals surface area contributed by atoms with E-state index in [-0.39, 0.29) is 29.8 Å². The molecule has 0 bridgehead atoms. The third kappa shape index (κ3) is 3.20. The molecule has 138 valence electrons. The second kappa shape index (κ2) is 7.26. The smallest absolute Gasteiger partial charge is 0.233 e. The van der Waals surface area contributed by atoms with Crippen LogP contribution in [0.2, 0.25) is 0 Å². The molecule has 2 aliphatic heterocycles. The van der Waals surface area contributed by atoms with E-state index in [1.165, 1.54) is 5.56 Å². The molecular weight excluding hydrogens is 336 g/mol. The molecule has 1 saturated carbocycles. The molecule has 2 heterocycles. The number of aliphatic hydroxyl groups is 1. The van der Waals surface area contributed by atoms with Crippen LogP contribution in [0.4, 0.5) is 0 Å². The van der Waals surface area contributed by atoms with E-state index in [4.69, 9.17) is 0 Å². The van der Waals surface area contributed by atoms with Crippen LogP contribution in [0.1, 0.15) is 37.7 Å². The van der Waals surface area contributed by atoms with Crippen molar-refractivity contribution in [2.75, 3.05) is 32.8 Å². The molecule has 3 aliphatic rings. The van der Waals surface area contributed by atoms with Crippen LogP contribution in [0.3, 0.4) is 0 Å². The summed E-state index contributed by atoms with van der Waals surface area (Å²) >= 11 is 0. The Hall–Kier alpha value is -1.10. The van der Waals surface area contributed by atoms with Crippen molar-refractivity contribution < 1.29 is 9.90 Å². The maximum absolute atomic E-state index is 13.2. The lowest BCUT2D eigenvalue weighted by molar-refractivity contribution is -0.137. The summed E-state index contributed by atoms with van der Waals surface area (Å²) in [5.74, 6) is 0.672. The maximum Gasteiger partial charge on any atom is 0.233 e. The molecule has 1 unspecified atom stereocenters. The molecule has 1 amide bonds. The SMILES string of the molecule is Cl.O=C(N1CCC2(CCNCC2CO)CC1)C1(c2ccccc2)CC1. The summed E-state index contributed by atoms with van der Waals surface area (Å²) in [6.07, 6.45) is 5.18. The average molecular weight is 365 g/mol. The van der Waals surface area contributed by atoms with Gasteiger partial charge in [0.15, 0.2) is 0 Å². The first kappa shape index (κ1) is 18.7. The Labute approximate surface area is 156 Å². The summed E-state index contributed by atoms with van der Waals surface area (Å²) in [4.78, 5) is 15.3. The molecule has 0 aromatic heterocycles. The second-order valence-corrected chi connectivity index (χ2v) is 7.94. The molecular formula is C20H29ClN2O2. The molecule has 2 saturated heterocycles. The predicted molar refractivity (Wildman–Crippen MR) is 101 cm³/mol. The van der Waals surface area contributed by atoms with Crippen LogP contribution in [0.15, 0.2) is 30.3 Å². The summed E-state index contributed by atoms with van der Waals surface area (Å²) in [7, 11) is 0. The highest BCUT2D eigenvalue weighted by Crippen LogP contribution is 2.51. The van der Waals surface area contributed by atoms with Crippen molar-refractivity contribution in [3.63, 3.8) is 0 Å². The van der Waals surface area contributed by atoms with Gasteiger partial charge in [0.1, 0.15) is 0 Å². The van der Waals surface area contributed by atoms with Gasteiger partial charge in [-0.15, -0.1) is 12.4 Å². The van der Waals surface area contributed by atoms with Crippen LogP contribution in [0.5, 0.6) is 0 Å². The molecule has 1 aliphatic carbocycles. The van der Waals surface area contributed by atoms with Crippen molar-refractivity contribution in [2.45, 2.75) is 37.5 Å². The van der Waals surface area contributed by atoms with Crippen LogP contribution in [0.25, 0.3) is 0 Å². The first-order chi connectivity index (χ1) is 11.7. The number of carbonyl (C=O) groups excluding carboxylic acids is 1. The topological polar surface area (TPSA) is 52.6 Å². The maximum atomic E-state index is 13.2. The van der Waals surface area contributed by atoms with Gasteiger partial charge in [-0.25, -0.2) is 0 Å².